The van der Waals surface area contributed by atoms with E-state index in [-0.39, 0.29) is 31.5 Å². The molecular weight excluding hydrogens is 602 g/mol. The highest BCUT2D eigenvalue weighted by atomic mass is 16.5. The Morgan fingerprint density at radius 1 is 0.617 bits per heavy atom. The van der Waals surface area contributed by atoms with E-state index < -0.39 is 11.9 Å². The number of ether oxygens (including phenoxy) is 3. The number of anilines is 4. The molecule has 5 amide bonds. The molecule has 0 aliphatic heterocycles. The second kappa shape index (κ2) is 16.3. The van der Waals surface area contributed by atoms with E-state index >= 15 is 0 Å². The first-order chi connectivity index (χ1) is 22.7. The zero-order valence-corrected chi connectivity index (χ0v) is 26.6. The van der Waals surface area contributed by atoms with Gasteiger partial charge in [0.2, 0.25) is 11.8 Å². The van der Waals surface area contributed by atoms with Crippen LogP contribution in [0.3, 0.4) is 0 Å². The van der Waals surface area contributed by atoms with E-state index in [1.54, 1.807) is 93.0 Å². The van der Waals surface area contributed by atoms with Gasteiger partial charge in [0, 0.05) is 55.4 Å². The van der Waals surface area contributed by atoms with E-state index in [0.29, 0.717) is 40.0 Å². The second-order valence-corrected chi connectivity index (χ2v) is 10.3. The summed E-state index contributed by atoms with van der Waals surface area (Å²) in [7, 11) is 6.26. The van der Waals surface area contributed by atoms with Gasteiger partial charge < -0.3 is 39.5 Å². The maximum Gasteiger partial charge on any atom is 0.319 e. The Balaban J connectivity index is 1.48. The summed E-state index contributed by atoms with van der Waals surface area (Å²) in [5, 5.41) is 5.21. The summed E-state index contributed by atoms with van der Waals surface area (Å²) in [6, 6.07) is 28.8. The number of likely N-dealkylation sites (N-methyl/N-ethyl adjacent to an activating group) is 2. The van der Waals surface area contributed by atoms with Gasteiger partial charge in [0.05, 0.1) is 26.5 Å². The number of nitrogens with zero attached hydrogens (tertiary/aromatic N) is 3. The highest BCUT2D eigenvalue weighted by Gasteiger charge is 2.23. The lowest BCUT2D eigenvalue weighted by Crippen LogP contribution is -2.46. The van der Waals surface area contributed by atoms with Crippen molar-refractivity contribution < 1.29 is 33.4 Å². The number of para-hydroxylation sites is 2. The van der Waals surface area contributed by atoms with Crippen LogP contribution < -0.4 is 39.5 Å². The molecule has 4 aromatic rings. The summed E-state index contributed by atoms with van der Waals surface area (Å²) < 4.78 is 16.4. The van der Waals surface area contributed by atoms with Crippen LogP contribution in [-0.2, 0) is 14.4 Å². The van der Waals surface area contributed by atoms with Crippen molar-refractivity contribution in [2.45, 2.75) is 0 Å². The van der Waals surface area contributed by atoms with Crippen molar-refractivity contribution in [3.63, 3.8) is 0 Å². The largest absolute Gasteiger partial charge is 0.497 e. The fourth-order valence-electron chi connectivity index (χ4n) is 4.42. The summed E-state index contributed by atoms with van der Waals surface area (Å²) in [6.45, 7) is -1.03. The molecular formula is C35H37N5O7. The predicted octanol–water partition coefficient (Wildman–Crippen LogP) is 4.56. The number of benzene rings is 4. The van der Waals surface area contributed by atoms with Gasteiger partial charge in [0.25, 0.3) is 5.91 Å². The Kier molecular flexibility index (Phi) is 11.8. The van der Waals surface area contributed by atoms with E-state index in [1.807, 2.05) is 24.3 Å². The number of carbonyl (C=O) groups excluding carboxylic acids is 4. The van der Waals surface area contributed by atoms with Crippen LogP contribution in [0.15, 0.2) is 103 Å². The van der Waals surface area contributed by atoms with Crippen LogP contribution in [0.5, 0.6) is 17.2 Å². The molecule has 2 N–H and O–H groups in total. The number of carbonyl (C=O) groups is 4. The minimum Gasteiger partial charge on any atom is -0.497 e. The fourth-order valence-corrected chi connectivity index (χ4v) is 4.42. The van der Waals surface area contributed by atoms with Crippen molar-refractivity contribution in [2.75, 3.05) is 68.0 Å². The number of hydrogen-bond acceptors (Lipinski definition) is 7. The van der Waals surface area contributed by atoms with E-state index in [0.717, 1.165) is 0 Å². The maximum atomic E-state index is 13.5. The zero-order chi connectivity index (χ0) is 33.8. The third kappa shape index (κ3) is 9.47. The minimum atomic E-state index is -0.578. The number of rotatable bonds is 13. The van der Waals surface area contributed by atoms with Gasteiger partial charge in [-0.15, -0.1) is 0 Å². The first-order valence-electron chi connectivity index (χ1n) is 14.6. The van der Waals surface area contributed by atoms with Crippen molar-refractivity contribution in [1.29, 1.82) is 0 Å². The molecule has 0 saturated carbocycles. The molecule has 244 valence electrons. The molecule has 0 saturated heterocycles. The Bertz CT molecular complexity index is 1660. The summed E-state index contributed by atoms with van der Waals surface area (Å²) in [5.41, 5.74) is 2.10. The van der Waals surface area contributed by atoms with Crippen LogP contribution in [0.25, 0.3) is 0 Å². The van der Waals surface area contributed by atoms with Crippen molar-refractivity contribution in [3.05, 3.63) is 103 Å². The summed E-state index contributed by atoms with van der Waals surface area (Å²) in [4.78, 5) is 56.5. The third-order valence-electron chi connectivity index (χ3n) is 7.13. The lowest BCUT2D eigenvalue weighted by atomic mass is 10.2. The summed E-state index contributed by atoms with van der Waals surface area (Å²) in [6.07, 6.45) is 0. The number of amides is 5. The quantitative estimate of drug-likeness (QED) is 0.219. The molecule has 0 unspecified atom stereocenters. The average molecular weight is 640 g/mol. The standard InChI is InChI=1S/C35H37N5O7/c1-38(26-14-9-6-10-15-26)33(42)23-40(32(41)22-36-35(44)37-25-12-7-5-8-13-25)27-16-11-17-29(18-27)47-24-34(43)39(2)28-19-30(45-3)21-31(20-28)46-4/h5-21H,22-24H2,1-4H3,(H2,36,37,44). The molecule has 0 radical (unpaired) electrons. The molecule has 0 fully saturated rings. The molecule has 0 atom stereocenters. The normalized spacial score (nSPS) is 10.3. The molecule has 12 heteroatoms. The molecule has 0 aromatic heterocycles. The predicted molar refractivity (Wildman–Crippen MR) is 181 cm³/mol. The maximum absolute atomic E-state index is 13.5. The number of hydrogen-bond donors (Lipinski definition) is 2. The molecule has 0 spiro atoms. The van der Waals surface area contributed by atoms with Gasteiger partial charge in [-0.05, 0) is 36.4 Å². The number of nitrogens with one attached hydrogen (secondary N) is 2. The lowest BCUT2D eigenvalue weighted by molar-refractivity contribution is -0.121. The minimum absolute atomic E-state index is 0.295. The van der Waals surface area contributed by atoms with Gasteiger partial charge in [-0.25, -0.2) is 4.79 Å². The first kappa shape index (κ1) is 33.8. The van der Waals surface area contributed by atoms with Crippen LogP contribution in [-0.4, -0.2) is 71.8 Å². The van der Waals surface area contributed by atoms with Crippen LogP contribution >= 0.6 is 0 Å². The SMILES string of the molecule is COc1cc(OC)cc(N(C)C(=O)COc2cccc(N(CC(=O)N(C)c3ccccc3)C(=O)CNC(=O)Nc3ccccc3)c2)c1. The molecule has 12 nitrogen and oxygen atoms in total. The highest BCUT2D eigenvalue weighted by Crippen LogP contribution is 2.28. The molecule has 4 aromatic carbocycles. The average Bonchev–Trinajstić information content (AvgIpc) is 3.11. The van der Waals surface area contributed by atoms with Crippen molar-refractivity contribution in [3.8, 4) is 17.2 Å². The molecule has 0 aliphatic carbocycles. The topological polar surface area (TPSA) is 130 Å². The van der Waals surface area contributed by atoms with Gasteiger partial charge in [-0.3, -0.25) is 14.4 Å². The fraction of sp³-hybridized carbons (Fsp3) is 0.200. The number of urea groups is 1. The van der Waals surface area contributed by atoms with Gasteiger partial charge in [-0.1, -0.05) is 42.5 Å². The zero-order valence-electron chi connectivity index (χ0n) is 26.6. The molecule has 0 heterocycles. The lowest BCUT2D eigenvalue weighted by Gasteiger charge is -2.26. The van der Waals surface area contributed by atoms with Gasteiger partial charge in [-0.2, -0.15) is 0 Å². The smallest absolute Gasteiger partial charge is 0.319 e. The van der Waals surface area contributed by atoms with Crippen LogP contribution in [0.4, 0.5) is 27.5 Å². The van der Waals surface area contributed by atoms with Crippen molar-refractivity contribution in [1.82, 2.24) is 5.32 Å². The molecule has 4 rings (SSSR count). The van der Waals surface area contributed by atoms with Gasteiger partial charge in [0.1, 0.15) is 23.8 Å². The monoisotopic (exact) mass is 639 g/mol. The molecule has 0 aliphatic rings. The molecule has 47 heavy (non-hydrogen) atoms. The first-order valence-corrected chi connectivity index (χ1v) is 14.6. The Morgan fingerprint density at radius 2 is 1.19 bits per heavy atom. The second-order valence-electron chi connectivity index (χ2n) is 10.3. The Morgan fingerprint density at radius 3 is 1.83 bits per heavy atom. The highest BCUT2D eigenvalue weighted by molar-refractivity contribution is 6.05. The van der Waals surface area contributed by atoms with E-state index in [4.69, 9.17) is 14.2 Å². The van der Waals surface area contributed by atoms with Gasteiger partial charge in [0.15, 0.2) is 6.61 Å². The molecule has 0 bridgehead atoms. The van der Waals surface area contributed by atoms with Crippen molar-refractivity contribution in [2.24, 2.45) is 0 Å². The van der Waals surface area contributed by atoms with Crippen LogP contribution in [0.2, 0.25) is 0 Å². The Labute approximate surface area is 273 Å². The third-order valence-corrected chi connectivity index (χ3v) is 7.13. The summed E-state index contributed by atoms with van der Waals surface area (Å²) >= 11 is 0. The van der Waals surface area contributed by atoms with Crippen molar-refractivity contribution >= 4 is 46.5 Å². The summed E-state index contributed by atoms with van der Waals surface area (Å²) in [5.74, 6) is 0.0858. The number of methoxy groups -OCH3 is 2. The van der Waals surface area contributed by atoms with E-state index in [9.17, 15) is 19.2 Å². The van der Waals surface area contributed by atoms with E-state index in [2.05, 4.69) is 10.6 Å². The van der Waals surface area contributed by atoms with Crippen LogP contribution in [0, 0.1) is 0 Å². The van der Waals surface area contributed by atoms with E-state index in [1.165, 1.54) is 28.9 Å². The van der Waals surface area contributed by atoms with Gasteiger partial charge >= 0.3 is 6.03 Å². The van der Waals surface area contributed by atoms with Crippen LogP contribution in [0.1, 0.15) is 0 Å². The Hall–Kier alpha value is -6.04.